The van der Waals surface area contributed by atoms with Crippen LogP contribution in [0.5, 0.6) is 0 Å². The lowest BCUT2D eigenvalue weighted by Gasteiger charge is -2.22. The quantitative estimate of drug-likeness (QED) is 0.886. The molecule has 24 heavy (non-hydrogen) atoms. The topological polar surface area (TPSA) is 62.6 Å². The summed E-state index contributed by atoms with van der Waals surface area (Å²) >= 11 is 0. The summed E-state index contributed by atoms with van der Waals surface area (Å²) in [4.78, 5) is 25.6. The number of rotatable bonds is 6. The molecule has 1 heterocycles. The average Bonchev–Trinajstić information content (AvgIpc) is 2.92. The normalized spacial score (nSPS) is 11.8. The fraction of sp³-hybridized carbons (Fsp3) is 0.368. The van der Waals surface area contributed by atoms with Gasteiger partial charge in [0.25, 0.3) is 0 Å². The average molecular weight is 328 g/mol. The van der Waals surface area contributed by atoms with Crippen molar-refractivity contribution < 1.29 is 14.0 Å². The molecule has 1 aromatic carbocycles. The maximum atomic E-state index is 12.5. The van der Waals surface area contributed by atoms with Crippen molar-refractivity contribution >= 4 is 11.8 Å². The number of carbonyl (C=O) groups is 2. The molecule has 2 aromatic rings. The number of hydrogen-bond donors (Lipinski definition) is 1. The van der Waals surface area contributed by atoms with Crippen LogP contribution in [0.3, 0.4) is 0 Å². The number of hydrogen-bond acceptors (Lipinski definition) is 3. The molecule has 0 aliphatic carbocycles. The molecule has 2 amide bonds. The van der Waals surface area contributed by atoms with Crippen molar-refractivity contribution in [2.24, 2.45) is 0 Å². The Morgan fingerprint density at radius 3 is 2.33 bits per heavy atom. The summed E-state index contributed by atoms with van der Waals surface area (Å²) < 4.78 is 5.51. The van der Waals surface area contributed by atoms with Gasteiger partial charge in [0.2, 0.25) is 11.8 Å². The summed E-state index contributed by atoms with van der Waals surface area (Å²) in [7, 11) is 1.74. The van der Waals surface area contributed by atoms with Crippen molar-refractivity contribution in [3.05, 3.63) is 59.0 Å². The van der Waals surface area contributed by atoms with E-state index in [1.54, 1.807) is 11.9 Å². The standard InChI is InChI=1S/C19H24N2O3/c1-13-5-8-16(9-6-13)18(20-15(3)22)11-19(23)21(4)12-17-10-7-14(2)24-17/h5-10,18H,11-12H2,1-4H3,(H,20,22)/t18-/m0/s1. The van der Waals surface area contributed by atoms with E-state index in [0.717, 1.165) is 22.6 Å². The Kier molecular flexibility index (Phi) is 5.79. The van der Waals surface area contributed by atoms with Crippen LogP contribution in [0.2, 0.25) is 0 Å². The highest BCUT2D eigenvalue weighted by Gasteiger charge is 2.20. The van der Waals surface area contributed by atoms with Crippen LogP contribution >= 0.6 is 0 Å². The predicted molar refractivity (Wildman–Crippen MR) is 92.3 cm³/mol. The second-order valence-electron chi connectivity index (χ2n) is 6.13. The first kappa shape index (κ1) is 17.8. The minimum absolute atomic E-state index is 0.0524. The Morgan fingerprint density at radius 2 is 1.79 bits per heavy atom. The molecule has 0 aliphatic rings. The van der Waals surface area contributed by atoms with Crippen LogP contribution in [-0.4, -0.2) is 23.8 Å². The first-order valence-corrected chi connectivity index (χ1v) is 7.98. The lowest BCUT2D eigenvalue weighted by Crippen LogP contribution is -2.33. The zero-order chi connectivity index (χ0) is 17.7. The molecule has 128 valence electrons. The molecular weight excluding hydrogens is 304 g/mol. The lowest BCUT2D eigenvalue weighted by molar-refractivity contribution is -0.131. The van der Waals surface area contributed by atoms with Gasteiger partial charge in [0.15, 0.2) is 0 Å². The van der Waals surface area contributed by atoms with Gasteiger partial charge >= 0.3 is 0 Å². The smallest absolute Gasteiger partial charge is 0.225 e. The number of nitrogens with one attached hydrogen (secondary N) is 1. The number of aryl methyl sites for hydroxylation is 2. The van der Waals surface area contributed by atoms with E-state index in [9.17, 15) is 9.59 Å². The number of nitrogens with zero attached hydrogens (tertiary/aromatic N) is 1. The fourth-order valence-corrected chi connectivity index (χ4v) is 2.52. The zero-order valence-corrected chi connectivity index (χ0v) is 14.6. The maximum Gasteiger partial charge on any atom is 0.225 e. The SMILES string of the molecule is CC(=O)N[C@@H](CC(=O)N(C)Cc1ccc(C)o1)c1ccc(C)cc1. The van der Waals surface area contributed by atoms with E-state index in [0.29, 0.717) is 6.54 Å². The summed E-state index contributed by atoms with van der Waals surface area (Å²) in [5, 5.41) is 2.86. The summed E-state index contributed by atoms with van der Waals surface area (Å²) in [5.41, 5.74) is 2.06. The summed E-state index contributed by atoms with van der Waals surface area (Å²) in [6.45, 7) is 5.74. The highest BCUT2D eigenvalue weighted by Crippen LogP contribution is 2.19. The Morgan fingerprint density at radius 1 is 1.12 bits per heavy atom. The predicted octanol–water partition coefficient (Wildman–Crippen LogP) is 3.12. The van der Waals surface area contributed by atoms with Gasteiger partial charge in [-0.2, -0.15) is 0 Å². The van der Waals surface area contributed by atoms with E-state index in [2.05, 4.69) is 5.32 Å². The molecule has 1 atom stereocenters. The highest BCUT2D eigenvalue weighted by molar-refractivity contribution is 5.79. The van der Waals surface area contributed by atoms with Gasteiger partial charge in [0.05, 0.1) is 19.0 Å². The molecule has 0 radical (unpaired) electrons. The number of furan rings is 1. The fourth-order valence-electron chi connectivity index (χ4n) is 2.52. The van der Waals surface area contributed by atoms with Gasteiger partial charge in [-0.05, 0) is 31.5 Å². The maximum absolute atomic E-state index is 12.5. The van der Waals surface area contributed by atoms with Gasteiger partial charge in [0, 0.05) is 14.0 Å². The number of carbonyl (C=O) groups excluding carboxylic acids is 2. The molecule has 0 unspecified atom stereocenters. The molecule has 0 bridgehead atoms. The third-order valence-corrected chi connectivity index (χ3v) is 3.85. The molecule has 0 fully saturated rings. The van der Waals surface area contributed by atoms with Crippen LogP contribution in [0.25, 0.3) is 0 Å². The monoisotopic (exact) mass is 328 g/mol. The van der Waals surface area contributed by atoms with E-state index < -0.39 is 0 Å². The Balaban J connectivity index is 2.05. The van der Waals surface area contributed by atoms with Crippen LogP contribution in [0.4, 0.5) is 0 Å². The summed E-state index contributed by atoms with van der Waals surface area (Å²) in [5.74, 6) is 1.36. The van der Waals surface area contributed by atoms with Crippen LogP contribution in [0.1, 0.15) is 42.0 Å². The molecule has 0 aliphatic heterocycles. The number of amides is 2. The van der Waals surface area contributed by atoms with E-state index in [-0.39, 0.29) is 24.3 Å². The molecule has 1 N–H and O–H groups in total. The molecular formula is C19H24N2O3. The third-order valence-electron chi connectivity index (χ3n) is 3.85. The summed E-state index contributed by atoms with van der Waals surface area (Å²) in [6.07, 6.45) is 0.207. The second-order valence-corrected chi connectivity index (χ2v) is 6.13. The minimum Gasteiger partial charge on any atom is -0.464 e. The van der Waals surface area contributed by atoms with Crippen molar-refractivity contribution in [3.8, 4) is 0 Å². The van der Waals surface area contributed by atoms with Gasteiger partial charge in [-0.3, -0.25) is 9.59 Å². The molecule has 0 spiro atoms. The van der Waals surface area contributed by atoms with Gasteiger partial charge in [-0.15, -0.1) is 0 Å². The zero-order valence-electron chi connectivity index (χ0n) is 14.6. The number of benzene rings is 1. The van der Waals surface area contributed by atoms with E-state index in [1.807, 2.05) is 50.2 Å². The van der Waals surface area contributed by atoms with Crippen molar-refractivity contribution in [2.75, 3.05) is 7.05 Å². The Labute approximate surface area is 142 Å². The Bertz CT molecular complexity index is 704. The minimum atomic E-state index is -0.337. The van der Waals surface area contributed by atoms with Gasteiger partial charge in [-0.1, -0.05) is 29.8 Å². The van der Waals surface area contributed by atoms with E-state index in [1.165, 1.54) is 6.92 Å². The van der Waals surface area contributed by atoms with Crippen molar-refractivity contribution in [3.63, 3.8) is 0 Å². The van der Waals surface area contributed by atoms with Crippen LogP contribution in [-0.2, 0) is 16.1 Å². The molecule has 0 saturated heterocycles. The van der Waals surface area contributed by atoms with Gasteiger partial charge in [-0.25, -0.2) is 0 Å². The summed E-state index contributed by atoms with van der Waals surface area (Å²) in [6, 6.07) is 11.2. The van der Waals surface area contributed by atoms with E-state index in [4.69, 9.17) is 4.42 Å². The molecule has 1 aromatic heterocycles. The van der Waals surface area contributed by atoms with Gasteiger partial charge in [0.1, 0.15) is 11.5 Å². The highest BCUT2D eigenvalue weighted by atomic mass is 16.3. The second kappa shape index (κ2) is 7.81. The first-order chi connectivity index (χ1) is 11.3. The van der Waals surface area contributed by atoms with E-state index >= 15 is 0 Å². The van der Waals surface area contributed by atoms with Crippen LogP contribution in [0.15, 0.2) is 40.8 Å². The van der Waals surface area contributed by atoms with Gasteiger partial charge < -0.3 is 14.6 Å². The molecule has 0 saturated carbocycles. The van der Waals surface area contributed by atoms with Crippen LogP contribution < -0.4 is 5.32 Å². The van der Waals surface area contributed by atoms with Crippen LogP contribution in [0, 0.1) is 13.8 Å². The molecule has 2 rings (SSSR count). The van der Waals surface area contributed by atoms with Crippen molar-refractivity contribution in [2.45, 2.75) is 39.8 Å². The third kappa shape index (κ3) is 4.98. The van der Waals surface area contributed by atoms with Crippen molar-refractivity contribution in [1.29, 1.82) is 0 Å². The lowest BCUT2D eigenvalue weighted by atomic mass is 10.0. The van der Waals surface area contributed by atoms with Crippen molar-refractivity contribution in [1.82, 2.24) is 10.2 Å². The largest absolute Gasteiger partial charge is 0.464 e. The molecule has 5 heteroatoms. The first-order valence-electron chi connectivity index (χ1n) is 7.98. The Hall–Kier alpha value is -2.56. The molecule has 5 nitrogen and oxygen atoms in total.